The summed E-state index contributed by atoms with van der Waals surface area (Å²) in [4.78, 5) is 13.8. The third-order valence-corrected chi connectivity index (χ3v) is 0.875. The lowest BCUT2D eigenvalue weighted by Crippen LogP contribution is -2.01. The number of rotatable bonds is 2. The molecular formula is C7H7N3O2. The largest absolute Gasteiger partial charge is 0.448 e. The summed E-state index contributed by atoms with van der Waals surface area (Å²) in [5.41, 5.74) is 0. The number of aliphatic imine (C=N–C) groups is 1. The van der Waals surface area contributed by atoms with Crippen LogP contribution in [0.1, 0.15) is 6.92 Å². The van der Waals surface area contributed by atoms with Gasteiger partial charge in [0.25, 0.3) is 0 Å². The van der Waals surface area contributed by atoms with Crippen molar-refractivity contribution in [2.75, 3.05) is 6.61 Å². The fourth-order valence-corrected chi connectivity index (χ4v) is 0.392. The minimum absolute atomic E-state index is 0.222. The Labute approximate surface area is 69.9 Å². The summed E-state index contributed by atoms with van der Waals surface area (Å²) >= 11 is 0. The zero-order valence-corrected chi connectivity index (χ0v) is 6.52. The molecule has 62 valence electrons. The molecule has 0 aromatic rings. The Kier molecular flexibility index (Phi) is 4.95. The second kappa shape index (κ2) is 5.87. The molecule has 0 rings (SSSR count). The maximum atomic E-state index is 10.5. The highest BCUT2D eigenvalue weighted by atomic mass is 16.5. The van der Waals surface area contributed by atoms with Crippen LogP contribution < -0.4 is 0 Å². The number of hydrogen-bond donors (Lipinski definition) is 0. The summed E-state index contributed by atoms with van der Waals surface area (Å²) in [5, 5.41) is 16.5. The first-order valence-electron chi connectivity index (χ1n) is 3.24. The van der Waals surface area contributed by atoms with Crippen LogP contribution in [0.2, 0.25) is 0 Å². The molecule has 0 bridgehead atoms. The van der Waals surface area contributed by atoms with E-state index >= 15 is 0 Å². The van der Waals surface area contributed by atoms with Crippen molar-refractivity contribution in [2.45, 2.75) is 6.92 Å². The number of nitrogens with zero attached hydrogens (tertiary/aromatic N) is 3. The Bertz CT molecular complexity index is 245. The van der Waals surface area contributed by atoms with Gasteiger partial charge >= 0.3 is 6.09 Å². The van der Waals surface area contributed by atoms with Crippen LogP contribution >= 0.6 is 0 Å². The predicted molar refractivity (Wildman–Crippen MR) is 40.2 cm³/mol. The Morgan fingerprint density at radius 1 is 1.67 bits per heavy atom. The van der Waals surface area contributed by atoms with Crippen molar-refractivity contribution in [1.29, 1.82) is 10.5 Å². The molecule has 0 aliphatic heterocycles. The van der Waals surface area contributed by atoms with Gasteiger partial charge in [-0.1, -0.05) is 0 Å². The van der Waals surface area contributed by atoms with Crippen LogP contribution in [-0.2, 0) is 4.74 Å². The number of ether oxygens (including phenoxy) is 1. The van der Waals surface area contributed by atoms with Crippen molar-refractivity contribution in [3.05, 3.63) is 0 Å². The van der Waals surface area contributed by atoms with Crippen LogP contribution in [0.5, 0.6) is 0 Å². The van der Waals surface area contributed by atoms with E-state index in [2.05, 4.69) is 9.73 Å². The van der Waals surface area contributed by atoms with Crippen molar-refractivity contribution in [2.24, 2.45) is 10.9 Å². The topological polar surface area (TPSA) is 86.2 Å². The van der Waals surface area contributed by atoms with Crippen LogP contribution in [0.4, 0.5) is 4.79 Å². The van der Waals surface area contributed by atoms with Gasteiger partial charge in [-0.2, -0.15) is 15.5 Å². The van der Waals surface area contributed by atoms with Crippen molar-refractivity contribution in [1.82, 2.24) is 0 Å². The zero-order chi connectivity index (χ0) is 9.40. The molecule has 0 aromatic carbocycles. The van der Waals surface area contributed by atoms with Gasteiger partial charge in [-0.25, -0.2) is 4.79 Å². The van der Waals surface area contributed by atoms with E-state index < -0.39 is 12.0 Å². The molecule has 0 radical (unpaired) electrons. The van der Waals surface area contributed by atoms with E-state index in [0.29, 0.717) is 0 Å². The van der Waals surface area contributed by atoms with Gasteiger partial charge in [0.05, 0.1) is 18.7 Å². The molecule has 0 fully saturated rings. The van der Waals surface area contributed by atoms with E-state index in [9.17, 15) is 4.79 Å². The lowest BCUT2D eigenvalue weighted by molar-refractivity contribution is 0.163. The number of carbonyl (C=O) groups is 1. The monoisotopic (exact) mass is 165 g/mol. The second-order valence-corrected chi connectivity index (χ2v) is 1.71. The first-order valence-corrected chi connectivity index (χ1v) is 3.24. The van der Waals surface area contributed by atoms with Crippen LogP contribution in [0.15, 0.2) is 4.99 Å². The van der Waals surface area contributed by atoms with Gasteiger partial charge in [0, 0.05) is 6.21 Å². The normalized spacial score (nSPS) is 9.33. The van der Waals surface area contributed by atoms with E-state index in [-0.39, 0.29) is 6.61 Å². The molecular weight excluding hydrogens is 158 g/mol. The number of nitriles is 2. The minimum Gasteiger partial charge on any atom is -0.448 e. The van der Waals surface area contributed by atoms with Crippen LogP contribution in [0.3, 0.4) is 0 Å². The number of hydrogen-bond acceptors (Lipinski definition) is 4. The van der Waals surface area contributed by atoms with Crippen molar-refractivity contribution in [3.8, 4) is 12.1 Å². The molecule has 12 heavy (non-hydrogen) atoms. The zero-order valence-electron chi connectivity index (χ0n) is 6.52. The smallest absolute Gasteiger partial charge is 0.433 e. The SMILES string of the molecule is CCOC(=O)N=CC(C#N)C#N. The lowest BCUT2D eigenvalue weighted by Gasteiger charge is -1.92. The van der Waals surface area contributed by atoms with Gasteiger partial charge in [0.15, 0.2) is 5.92 Å². The molecule has 0 saturated carbocycles. The molecule has 5 nitrogen and oxygen atoms in total. The Morgan fingerprint density at radius 2 is 2.25 bits per heavy atom. The fraction of sp³-hybridized carbons (Fsp3) is 0.429. The molecule has 0 aromatic heterocycles. The third kappa shape index (κ3) is 4.02. The van der Waals surface area contributed by atoms with E-state index in [1.165, 1.54) is 0 Å². The number of amides is 1. The van der Waals surface area contributed by atoms with Gasteiger partial charge in [-0.3, -0.25) is 0 Å². The van der Waals surface area contributed by atoms with Gasteiger partial charge in [0.2, 0.25) is 0 Å². The fourth-order valence-electron chi connectivity index (χ4n) is 0.392. The van der Waals surface area contributed by atoms with Gasteiger partial charge in [-0.15, -0.1) is 0 Å². The van der Waals surface area contributed by atoms with Gasteiger partial charge in [-0.05, 0) is 6.92 Å². The number of carbonyl (C=O) groups excluding carboxylic acids is 1. The molecule has 5 heteroatoms. The summed E-state index contributed by atoms with van der Waals surface area (Å²) in [6, 6.07) is 3.26. The van der Waals surface area contributed by atoms with E-state index in [0.717, 1.165) is 6.21 Å². The summed E-state index contributed by atoms with van der Waals surface area (Å²) in [7, 11) is 0. The average molecular weight is 165 g/mol. The standard InChI is InChI=1S/C7H7N3O2/c1-2-12-7(11)10-5-6(3-8)4-9/h5-6H,2H2,1H3. The molecule has 0 saturated heterocycles. The predicted octanol–water partition coefficient (Wildman–Crippen LogP) is 0.877. The maximum Gasteiger partial charge on any atom is 0.433 e. The highest BCUT2D eigenvalue weighted by molar-refractivity contribution is 5.82. The highest BCUT2D eigenvalue weighted by Crippen LogP contribution is 1.88. The molecule has 0 spiro atoms. The van der Waals surface area contributed by atoms with Crippen molar-refractivity contribution < 1.29 is 9.53 Å². The van der Waals surface area contributed by atoms with E-state index in [1.54, 1.807) is 19.1 Å². The van der Waals surface area contributed by atoms with Gasteiger partial charge < -0.3 is 4.74 Å². The minimum atomic E-state index is -0.991. The highest BCUT2D eigenvalue weighted by Gasteiger charge is 2.01. The Hall–Kier alpha value is -1.88. The molecule has 0 N–H and O–H groups in total. The van der Waals surface area contributed by atoms with Gasteiger partial charge in [0.1, 0.15) is 0 Å². The molecule has 0 unspecified atom stereocenters. The summed E-state index contributed by atoms with van der Waals surface area (Å²) in [6.45, 7) is 1.86. The Balaban J connectivity index is 4.00. The molecule has 0 aliphatic rings. The van der Waals surface area contributed by atoms with Crippen LogP contribution in [-0.4, -0.2) is 18.9 Å². The van der Waals surface area contributed by atoms with Crippen molar-refractivity contribution in [3.63, 3.8) is 0 Å². The lowest BCUT2D eigenvalue weighted by atomic mass is 10.2. The molecule has 1 amide bonds. The second-order valence-electron chi connectivity index (χ2n) is 1.71. The Morgan fingerprint density at radius 3 is 2.67 bits per heavy atom. The summed E-state index contributed by atoms with van der Waals surface area (Å²) in [6.07, 6.45) is 0.172. The summed E-state index contributed by atoms with van der Waals surface area (Å²) in [5.74, 6) is -0.991. The van der Waals surface area contributed by atoms with Crippen molar-refractivity contribution >= 4 is 12.3 Å². The van der Waals surface area contributed by atoms with Crippen LogP contribution in [0, 0.1) is 28.6 Å². The van der Waals surface area contributed by atoms with E-state index in [1.807, 2.05) is 0 Å². The molecule has 0 aliphatic carbocycles. The van der Waals surface area contributed by atoms with E-state index in [4.69, 9.17) is 10.5 Å². The first kappa shape index (κ1) is 10.1. The third-order valence-electron chi connectivity index (χ3n) is 0.875. The quantitative estimate of drug-likeness (QED) is 0.568. The first-order chi connectivity index (χ1) is 5.74. The maximum absolute atomic E-state index is 10.5. The molecule has 0 heterocycles. The molecule has 0 atom stereocenters. The van der Waals surface area contributed by atoms with Crippen LogP contribution in [0.25, 0.3) is 0 Å². The average Bonchev–Trinajstić information content (AvgIpc) is 2.07. The summed E-state index contributed by atoms with van der Waals surface area (Å²) < 4.78 is 4.43.